The molecule has 382 valence electrons. The summed E-state index contributed by atoms with van der Waals surface area (Å²) in [6.07, 6.45) is 0. The van der Waals surface area contributed by atoms with Crippen molar-refractivity contribution in [3.63, 3.8) is 0 Å². The maximum atomic E-state index is 2.64. The van der Waals surface area contributed by atoms with Crippen LogP contribution in [0.2, 0.25) is 0 Å². The van der Waals surface area contributed by atoms with E-state index in [1.165, 1.54) is 52.2 Å². The average molecular weight is 1340 g/mol. The van der Waals surface area contributed by atoms with E-state index in [9.17, 15) is 0 Å². The van der Waals surface area contributed by atoms with Crippen molar-refractivity contribution in [2.75, 3.05) is 0 Å². The molecule has 0 atom stereocenters. The van der Waals surface area contributed by atoms with Gasteiger partial charge in [0.1, 0.15) is 0 Å². The van der Waals surface area contributed by atoms with E-state index in [4.69, 9.17) is 0 Å². The fraction of sp³-hybridized carbons (Fsp3) is 0. The van der Waals surface area contributed by atoms with Crippen molar-refractivity contribution in [1.29, 1.82) is 0 Å². The second kappa shape index (κ2) is 22.9. The molecule has 0 aliphatic carbocycles. The first-order valence-corrected chi connectivity index (χ1v) is 58.0. The van der Waals surface area contributed by atoms with Gasteiger partial charge in [-0.25, -0.2) is 0 Å². The van der Waals surface area contributed by atoms with Gasteiger partial charge in [-0.3, -0.25) is 0 Å². The summed E-state index contributed by atoms with van der Waals surface area (Å²) in [4.78, 5) is 0. The molecule has 0 aliphatic heterocycles. The van der Waals surface area contributed by atoms with Crippen LogP contribution in [0.5, 0.6) is 0 Å². The van der Waals surface area contributed by atoms with Crippen molar-refractivity contribution < 1.29 is 6.60 Å². The van der Waals surface area contributed by atoms with Crippen LogP contribution in [0.1, 0.15) is 0 Å². The van der Waals surface area contributed by atoms with Gasteiger partial charge in [0.05, 0.1) is 0 Å². The molecule has 12 aromatic rings. The van der Waals surface area contributed by atoms with Gasteiger partial charge in [-0.2, -0.15) is 0 Å². The third kappa shape index (κ3) is 8.13. The molecule has 5 heteroatoms. The van der Waals surface area contributed by atoms with Gasteiger partial charge in [0.25, 0.3) is 0 Å². The summed E-state index contributed by atoms with van der Waals surface area (Å²) in [6, 6.07) is 148. The fourth-order valence-corrected chi connectivity index (χ4v) is 483. The molecule has 12 rings (SSSR count). The van der Waals surface area contributed by atoms with E-state index < -0.39 is 50.5 Å². The van der Waals surface area contributed by atoms with E-state index in [1.807, 2.05) is 0 Å². The van der Waals surface area contributed by atoms with Crippen LogP contribution in [-0.4, -0.2) is 43.9 Å². The van der Waals surface area contributed by atoms with Crippen LogP contribution in [0.15, 0.2) is 364 Å². The van der Waals surface area contributed by atoms with Crippen LogP contribution in [0.4, 0.5) is 0 Å². The van der Waals surface area contributed by atoms with E-state index in [2.05, 4.69) is 364 Å². The quantitative estimate of drug-likeness (QED) is 0.0871. The number of hydrogen-bond acceptors (Lipinski definition) is 0. The Labute approximate surface area is 461 Å². The van der Waals surface area contributed by atoms with E-state index >= 15 is 0 Å². The van der Waals surface area contributed by atoms with Crippen molar-refractivity contribution in [1.82, 2.24) is 0 Å². The summed E-state index contributed by atoms with van der Waals surface area (Å²) >= 11 is 0. The summed E-state index contributed by atoms with van der Waals surface area (Å²) in [5.74, 6) is 0. The predicted octanol–water partition coefficient (Wildman–Crippen LogP) is 7.74. The Hall–Kier alpha value is -6.46. The van der Waals surface area contributed by atoms with Gasteiger partial charge in [-0.15, -0.1) is 0 Å². The Morgan fingerprint density at radius 3 is 0.273 bits per heavy atom. The number of rotatable bonds is 16. The zero-order valence-electron chi connectivity index (χ0n) is 43.0. The average Bonchev–Trinajstić information content (AvgIpc) is 3.71. The van der Waals surface area contributed by atoms with Crippen molar-refractivity contribution in [3.05, 3.63) is 364 Å². The molecule has 0 amide bonds. The SMILES string of the molecule is c1ccc([AsH](c2ccccc2)(c2ccccc2)[Pd]([AsH](c2ccccc2)(c2ccccc2)c2ccccc2)([AsH](c2ccccc2)(c2ccccc2)c2ccccc2)[AsH](c2ccccc2)(c2ccccc2)c2ccccc2)cc1. The van der Waals surface area contributed by atoms with Gasteiger partial charge >= 0.3 is 467 Å². The minimum absolute atomic E-state index is 1.54. The molecule has 0 unspecified atom stereocenters. The molecular formula is C72H64As4Pd. The molecule has 0 fully saturated rings. The standard InChI is InChI=1S/4C18H16As.Pd/c4*1-4-10-16(11-5-1)19(17-12-6-2-7-13-17)18-14-8-3-9-15-18;/h4*1-15,19H;/q4*+1;-4. The second-order valence-electron chi connectivity index (χ2n) is 19.3. The summed E-state index contributed by atoms with van der Waals surface area (Å²) in [5.41, 5.74) is 0. The topological polar surface area (TPSA) is 0 Å². The maximum absolute atomic E-state index is 4.92. The molecule has 0 N–H and O–H groups in total. The van der Waals surface area contributed by atoms with Crippen molar-refractivity contribution >= 4 is 96.1 Å². The third-order valence-electron chi connectivity index (χ3n) is 15.3. The second-order valence-corrected chi connectivity index (χ2v) is 144. The van der Waals surface area contributed by atoms with Crippen molar-refractivity contribution in [2.45, 2.75) is 0 Å². The first-order chi connectivity index (χ1) is 38.3. The molecule has 0 aromatic heterocycles. The summed E-state index contributed by atoms with van der Waals surface area (Å²) in [6.45, 7) is -4.33. The predicted molar refractivity (Wildman–Crippen MR) is 342 cm³/mol. The third-order valence-corrected chi connectivity index (χ3v) is 297. The molecule has 0 saturated heterocycles. The van der Waals surface area contributed by atoms with E-state index in [1.54, 1.807) is 0 Å². The van der Waals surface area contributed by atoms with E-state index in [0.29, 0.717) is 0 Å². The van der Waals surface area contributed by atoms with E-state index in [0.717, 1.165) is 0 Å². The van der Waals surface area contributed by atoms with Crippen molar-refractivity contribution in [3.8, 4) is 0 Å². The van der Waals surface area contributed by atoms with Gasteiger partial charge < -0.3 is 0 Å². The Kier molecular flexibility index (Phi) is 15.2. The number of hydrogen-bond donors (Lipinski definition) is 0. The Balaban J connectivity index is 1.64. The summed E-state index contributed by atoms with van der Waals surface area (Å²) in [7, 11) is -19.7. The first kappa shape index (κ1) is 51.3. The molecule has 0 heterocycles. The van der Waals surface area contributed by atoms with Gasteiger partial charge in [0.15, 0.2) is 0 Å². The summed E-state index contributed by atoms with van der Waals surface area (Å²) in [5, 5.41) is 0. The van der Waals surface area contributed by atoms with Crippen molar-refractivity contribution in [2.24, 2.45) is 0 Å². The molecule has 0 spiro atoms. The molecule has 0 saturated carbocycles. The van der Waals surface area contributed by atoms with Crippen LogP contribution in [0.3, 0.4) is 0 Å². The van der Waals surface area contributed by atoms with Crippen LogP contribution in [0, 0.1) is 0 Å². The van der Waals surface area contributed by atoms with Gasteiger partial charge in [-0.05, 0) is 0 Å². The van der Waals surface area contributed by atoms with Crippen LogP contribution < -0.4 is 52.2 Å². The molecule has 0 bridgehead atoms. The van der Waals surface area contributed by atoms with Crippen LogP contribution in [-0.2, 0) is 6.60 Å². The van der Waals surface area contributed by atoms with Crippen LogP contribution >= 0.6 is 0 Å². The number of benzene rings is 12. The van der Waals surface area contributed by atoms with Gasteiger partial charge in [-0.1, -0.05) is 0 Å². The molecule has 0 nitrogen and oxygen atoms in total. The van der Waals surface area contributed by atoms with Gasteiger partial charge in [0.2, 0.25) is 0 Å². The van der Waals surface area contributed by atoms with E-state index in [-0.39, 0.29) is 0 Å². The normalized spacial score (nSPS) is 14.0. The molecule has 0 aliphatic rings. The molecule has 77 heavy (non-hydrogen) atoms. The Morgan fingerprint density at radius 2 is 0.195 bits per heavy atom. The summed E-state index contributed by atoms with van der Waals surface area (Å²) < 4.78 is 18.4. The Bertz CT molecular complexity index is 2860. The molecular weight excluding hydrogens is 1270 g/mol. The molecule has 0 radical (unpaired) electrons. The van der Waals surface area contributed by atoms with Gasteiger partial charge in [0, 0.05) is 0 Å². The Morgan fingerprint density at radius 1 is 0.117 bits per heavy atom. The van der Waals surface area contributed by atoms with Crippen LogP contribution in [0.25, 0.3) is 0 Å². The monoisotopic (exact) mass is 1330 g/mol. The zero-order chi connectivity index (χ0) is 51.9. The fourth-order valence-electron chi connectivity index (χ4n) is 12.6. The minimum atomic E-state index is -4.92. The molecule has 12 aromatic carbocycles. The zero-order valence-corrected chi connectivity index (χ0v) is 52.9. The first-order valence-electron chi connectivity index (χ1n) is 26.6.